The monoisotopic (exact) mass is 651 g/mol. The third kappa shape index (κ3) is 10.8. The summed E-state index contributed by atoms with van der Waals surface area (Å²) in [5.74, 6) is 0.649. The highest BCUT2D eigenvalue weighted by Crippen LogP contribution is 2.39. The summed E-state index contributed by atoms with van der Waals surface area (Å²) in [6, 6.07) is 16.9. The standard InChI is InChI=1S/C37H53N3O7/c1-7-44-27(2)24-43-25-28-9-12-30(13-10-28)35-31(15-16-38)22-40(36(41)47-37(3,4)5)23-34(35)46-26-29-11-14-33-32(21-29)39(18-20-45-33)17-8-19-42-6/h9-14,21,27,31,34-35H,7-8,15,17-20,22-26H2,1-6H3/t27?,31-,34+,35+/m1/s1. The van der Waals surface area contributed by atoms with Crippen LogP contribution in [0.5, 0.6) is 5.75 Å². The number of fused-ring (bicyclic) bond motifs is 1. The van der Waals surface area contributed by atoms with Gasteiger partial charge >= 0.3 is 6.09 Å². The molecule has 1 fully saturated rings. The topological polar surface area (TPSA) is 103 Å². The quantitative estimate of drug-likeness (QED) is 0.205. The fourth-order valence-corrected chi connectivity index (χ4v) is 6.29. The summed E-state index contributed by atoms with van der Waals surface area (Å²) in [6.07, 6.45) is 0.517. The van der Waals surface area contributed by atoms with E-state index in [0.29, 0.717) is 52.7 Å². The summed E-state index contributed by atoms with van der Waals surface area (Å²) in [5, 5.41) is 9.85. The number of nitriles is 1. The van der Waals surface area contributed by atoms with Crippen LogP contribution < -0.4 is 9.64 Å². The predicted octanol–water partition coefficient (Wildman–Crippen LogP) is 6.31. The molecule has 2 aliphatic heterocycles. The highest BCUT2D eigenvalue weighted by Gasteiger charge is 2.41. The van der Waals surface area contributed by atoms with Gasteiger partial charge in [0.1, 0.15) is 18.0 Å². The van der Waals surface area contributed by atoms with E-state index >= 15 is 0 Å². The lowest BCUT2D eigenvalue weighted by atomic mass is 9.77. The van der Waals surface area contributed by atoms with Gasteiger partial charge in [-0.1, -0.05) is 30.3 Å². The Hall–Kier alpha value is -3.36. The minimum Gasteiger partial charge on any atom is -0.490 e. The van der Waals surface area contributed by atoms with Crippen molar-refractivity contribution in [3.8, 4) is 11.8 Å². The molecule has 4 rings (SSSR count). The average Bonchev–Trinajstić information content (AvgIpc) is 3.04. The predicted molar refractivity (Wildman–Crippen MR) is 181 cm³/mol. The molecule has 0 radical (unpaired) electrons. The van der Waals surface area contributed by atoms with Crippen LogP contribution in [0.15, 0.2) is 42.5 Å². The van der Waals surface area contributed by atoms with Crippen LogP contribution in [0.4, 0.5) is 10.5 Å². The number of benzene rings is 2. The second-order valence-electron chi connectivity index (χ2n) is 13.4. The Kier molecular flexibility index (Phi) is 13.7. The van der Waals surface area contributed by atoms with Gasteiger partial charge in [0.15, 0.2) is 0 Å². The first-order valence-corrected chi connectivity index (χ1v) is 16.9. The molecule has 2 aromatic rings. The summed E-state index contributed by atoms with van der Waals surface area (Å²) in [6.45, 7) is 15.4. The molecule has 4 atom stereocenters. The zero-order valence-corrected chi connectivity index (χ0v) is 29.0. The molecule has 0 aliphatic carbocycles. The smallest absolute Gasteiger partial charge is 0.410 e. The summed E-state index contributed by atoms with van der Waals surface area (Å²) in [7, 11) is 1.72. The van der Waals surface area contributed by atoms with Crippen molar-refractivity contribution in [1.29, 1.82) is 5.26 Å². The van der Waals surface area contributed by atoms with Gasteiger partial charge < -0.3 is 38.2 Å². The van der Waals surface area contributed by atoms with Crippen LogP contribution >= 0.6 is 0 Å². The Morgan fingerprint density at radius 2 is 1.87 bits per heavy atom. The first kappa shape index (κ1) is 36.5. The number of piperidine rings is 1. The highest BCUT2D eigenvalue weighted by atomic mass is 16.6. The van der Waals surface area contributed by atoms with E-state index < -0.39 is 5.60 Å². The normalized spacial score (nSPS) is 20.2. The number of carbonyl (C=O) groups excluding carboxylic acids is 1. The number of carbonyl (C=O) groups is 1. The van der Waals surface area contributed by atoms with Gasteiger partial charge in [0, 0.05) is 45.8 Å². The second kappa shape index (κ2) is 17.7. The molecule has 0 aromatic heterocycles. The molecule has 47 heavy (non-hydrogen) atoms. The van der Waals surface area contributed by atoms with Crippen LogP contribution in [0.1, 0.15) is 70.1 Å². The van der Waals surface area contributed by atoms with Gasteiger partial charge in [-0.15, -0.1) is 0 Å². The number of ether oxygens (including phenoxy) is 6. The van der Waals surface area contributed by atoms with E-state index in [-0.39, 0.29) is 36.6 Å². The van der Waals surface area contributed by atoms with Gasteiger partial charge in [0.25, 0.3) is 0 Å². The van der Waals surface area contributed by atoms with Crippen molar-refractivity contribution in [3.05, 3.63) is 59.2 Å². The van der Waals surface area contributed by atoms with Crippen molar-refractivity contribution in [1.82, 2.24) is 4.90 Å². The van der Waals surface area contributed by atoms with E-state index in [1.54, 1.807) is 12.0 Å². The summed E-state index contributed by atoms with van der Waals surface area (Å²) >= 11 is 0. The Balaban J connectivity index is 1.54. The van der Waals surface area contributed by atoms with Crippen LogP contribution in [0, 0.1) is 17.2 Å². The molecule has 0 bridgehead atoms. The van der Waals surface area contributed by atoms with Crippen molar-refractivity contribution < 1.29 is 33.2 Å². The van der Waals surface area contributed by atoms with E-state index in [2.05, 4.69) is 41.3 Å². The Morgan fingerprint density at radius 3 is 2.57 bits per heavy atom. The third-order valence-corrected chi connectivity index (χ3v) is 8.43. The minimum absolute atomic E-state index is 0.0421. The molecule has 1 saturated heterocycles. The summed E-state index contributed by atoms with van der Waals surface area (Å²) < 4.78 is 35.1. The van der Waals surface area contributed by atoms with Crippen LogP contribution in [0.25, 0.3) is 0 Å². The molecule has 1 unspecified atom stereocenters. The maximum Gasteiger partial charge on any atom is 0.410 e. The summed E-state index contributed by atoms with van der Waals surface area (Å²) in [5.41, 5.74) is 3.58. The molecule has 10 nitrogen and oxygen atoms in total. The number of hydrogen-bond donors (Lipinski definition) is 0. The van der Waals surface area contributed by atoms with Gasteiger partial charge in [-0.05, 0) is 75.8 Å². The fourth-order valence-electron chi connectivity index (χ4n) is 6.29. The van der Waals surface area contributed by atoms with E-state index in [0.717, 1.165) is 47.6 Å². The SMILES string of the molecule is CCOC(C)COCc1ccc([C@H]2[C@H](CC#N)CN(C(=O)OC(C)(C)C)C[C@@H]2OCc2ccc3c(c2)N(CCCOC)CCO3)cc1. The van der Waals surface area contributed by atoms with Crippen molar-refractivity contribution in [2.75, 3.05) is 64.6 Å². The third-order valence-electron chi connectivity index (χ3n) is 8.43. The largest absolute Gasteiger partial charge is 0.490 e. The molecule has 1 amide bonds. The number of likely N-dealkylation sites (tertiary alicyclic amines) is 1. The first-order valence-electron chi connectivity index (χ1n) is 16.9. The van der Waals surface area contributed by atoms with E-state index in [1.807, 2.05) is 46.8 Å². The molecule has 258 valence electrons. The Bertz CT molecular complexity index is 1310. The first-order chi connectivity index (χ1) is 22.6. The van der Waals surface area contributed by atoms with Gasteiger partial charge in [-0.2, -0.15) is 5.26 Å². The Labute approximate surface area is 280 Å². The van der Waals surface area contributed by atoms with Crippen LogP contribution in [-0.2, 0) is 36.9 Å². The van der Waals surface area contributed by atoms with Crippen LogP contribution in [-0.4, -0.2) is 88.5 Å². The van der Waals surface area contributed by atoms with E-state index in [4.69, 9.17) is 28.4 Å². The Morgan fingerprint density at radius 1 is 1.11 bits per heavy atom. The number of methoxy groups -OCH3 is 1. The maximum absolute atomic E-state index is 13.3. The number of nitrogens with zero attached hydrogens (tertiary/aromatic N) is 3. The zero-order chi connectivity index (χ0) is 33.8. The number of amides is 1. The minimum atomic E-state index is -0.631. The highest BCUT2D eigenvalue weighted by molar-refractivity contribution is 5.68. The molecular formula is C37H53N3O7. The van der Waals surface area contributed by atoms with Gasteiger partial charge in [-0.25, -0.2) is 4.79 Å². The number of hydrogen-bond acceptors (Lipinski definition) is 9. The van der Waals surface area contributed by atoms with Gasteiger partial charge in [0.2, 0.25) is 0 Å². The van der Waals surface area contributed by atoms with E-state index in [1.165, 1.54) is 0 Å². The van der Waals surface area contributed by atoms with Crippen molar-refractivity contribution >= 4 is 11.8 Å². The number of rotatable bonds is 15. The average molecular weight is 652 g/mol. The molecule has 0 saturated carbocycles. The second-order valence-corrected chi connectivity index (χ2v) is 13.4. The van der Waals surface area contributed by atoms with E-state index in [9.17, 15) is 10.1 Å². The molecule has 0 N–H and O–H groups in total. The molecule has 0 spiro atoms. The zero-order valence-electron chi connectivity index (χ0n) is 29.0. The van der Waals surface area contributed by atoms with Crippen LogP contribution in [0.3, 0.4) is 0 Å². The van der Waals surface area contributed by atoms with Gasteiger partial charge in [-0.3, -0.25) is 0 Å². The van der Waals surface area contributed by atoms with Crippen LogP contribution in [0.2, 0.25) is 0 Å². The molecule has 10 heteroatoms. The molecule has 2 aromatic carbocycles. The fraction of sp³-hybridized carbons (Fsp3) is 0.622. The molecule has 2 aliphatic rings. The maximum atomic E-state index is 13.3. The van der Waals surface area contributed by atoms with Gasteiger partial charge in [0.05, 0.1) is 56.9 Å². The van der Waals surface area contributed by atoms with Crippen molar-refractivity contribution in [2.45, 2.75) is 84.4 Å². The lowest BCUT2D eigenvalue weighted by Crippen LogP contribution is -2.52. The summed E-state index contributed by atoms with van der Waals surface area (Å²) in [4.78, 5) is 17.3. The number of anilines is 1. The lowest BCUT2D eigenvalue weighted by Gasteiger charge is -2.43. The molecule has 2 heterocycles. The van der Waals surface area contributed by atoms with Crippen molar-refractivity contribution in [2.24, 2.45) is 5.92 Å². The van der Waals surface area contributed by atoms with Crippen molar-refractivity contribution in [3.63, 3.8) is 0 Å². The molecular weight excluding hydrogens is 598 g/mol. The lowest BCUT2D eigenvalue weighted by molar-refractivity contribution is -0.0521.